The van der Waals surface area contributed by atoms with Crippen LogP contribution in [0.4, 0.5) is 0 Å². The number of aromatic amines is 1. The molecule has 0 aliphatic rings. The average molecular weight is 296 g/mol. The fraction of sp³-hybridized carbons (Fsp3) is 0.385. The van der Waals surface area contributed by atoms with Gasteiger partial charge >= 0.3 is 5.69 Å². The van der Waals surface area contributed by atoms with Gasteiger partial charge in [-0.05, 0) is 37.6 Å². The second-order valence-corrected chi connectivity index (χ2v) is 5.03. The standard InChI is InChI=1S/C13H18ClN5O/c14-9-4-3-5-10(8-9)19-12(17-18-13(19)20)11(16)6-1-2-7-15/h3-5,8,11H,1-2,6-7,15-16H2,(H,18,20). The molecule has 1 unspecified atom stereocenters. The van der Waals surface area contributed by atoms with E-state index in [1.165, 1.54) is 4.57 Å². The number of nitrogens with two attached hydrogens (primary N) is 2. The van der Waals surface area contributed by atoms with Crippen molar-refractivity contribution in [2.75, 3.05) is 6.54 Å². The second-order valence-electron chi connectivity index (χ2n) is 4.59. The van der Waals surface area contributed by atoms with Crippen molar-refractivity contribution >= 4 is 11.6 Å². The number of nitrogens with zero attached hydrogens (tertiary/aromatic N) is 2. The topological polar surface area (TPSA) is 103 Å². The summed E-state index contributed by atoms with van der Waals surface area (Å²) in [6.07, 6.45) is 2.52. The molecule has 0 aliphatic carbocycles. The number of hydrogen-bond donors (Lipinski definition) is 3. The van der Waals surface area contributed by atoms with Gasteiger partial charge in [-0.1, -0.05) is 24.1 Å². The third-order valence-corrected chi connectivity index (χ3v) is 3.30. The highest BCUT2D eigenvalue weighted by Gasteiger charge is 2.17. The Morgan fingerprint density at radius 3 is 2.90 bits per heavy atom. The van der Waals surface area contributed by atoms with Crippen LogP contribution in [-0.4, -0.2) is 21.3 Å². The minimum atomic E-state index is -0.323. The molecule has 20 heavy (non-hydrogen) atoms. The zero-order valence-electron chi connectivity index (χ0n) is 11.1. The van der Waals surface area contributed by atoms with Crippen molar-refractivity contribution in [2.24, 2.45) is 11.5 Å². The lowest BCUT2D eigenvalue weighted by Gasteiger charge is -2.12. The Hall–Kier alpha value is -1.63. The summed E-state index contributed by atoms with van der Waals surface area (Å²) in [4.78, 5) is 11.9. The fourth-order valence-electron chi connectivity index (χ4n) is 2.06. The van der Waals surface area contributed by atoms with Gasteiger partial charge in [0.15, 0.2) is 5.82 Å². The van der Waals surface area contributed by atoms with Crippen molar-refractivity contribution in [1.82, 2.24) is 14.8 Å². The molecule has 2 aromatic rings. The summed E-state index contributed by atoms with van der Waals surface area (Å²) in [7, 11) is 0. The van der Waals surface area contributed by atoms with E-state index in [2.05, 4.69) is 10.2 Å². The van der Waals surface area contributed by atoms with Crippen LogP contribution >= 0.6 is 11.6 Å². The predicted molar refractivity (Wildman–Crippen MR) is 79.0 cm³/mol. The molecule has 0 amide bonds. The number of rotatable bonds is 6. The number of H-pyrrole nitrogens is 1. The molecule has 0 aliphatic heterocycles. The van der Waals surface area contributed by atoms with Crippen molar-refractivity contribution in [2.45, 2.75) is 25.3 Å². The maximum atomic E-state index is 11.9. The molecule has 7 heteroatoms. The highest BCUT2D eigenvalue weighted by Crippen LogP contribution is 2.19. The molecule has 6 nitrogen and oxygen atoms in total. The van der Waals surface area contributed by atoms with Crippen LogP contribution in [0, 0.1) is 0 Å². The summed E-state index contributed by atoms with van der Waals surface area (Å²) in [5.74, 6) is 0.509. The zero-order chi connectivity index (χ0) is 14.5. The van der Waals surface area contributed by atoms with E-state index in [0.717, 1.165) is 19.3 Å². The van der Waals surface area contributed by atoms with Crippen molar-refractivity contribution in [3.05, 3.63) is 45.6 Å². The van der Waals surface area contributed by atoms with E-state index in [9.17, 15) is 4.79 Å². The minimum Gasteiger partial charge on any atom is -0.330 e. The molecule has 1 aromatic carbocycles. The van der Waals surface area contributed by atoms with Crippen LogP contribution in [0.25, 0.3) is 5.69 Å². The molecule has 0 bridgehead atoms. The Morgan fingerprint density at radius 1 is 1.40 bits per heavy atom. The van der Waals surface area contributed by atoms with Crippen molar-refractivity contribution < 1.29 is 0 Å². The molecule has 1 heterocycles. The molecule has 1 atom stereocenters. The maximum absolute atomic E-state index is 11.9. The molecule has 1 aromatic heterocycles. The molecule has 0 radical (unpaired) electrons. The summed E-state index contributed by atoms with van der Waals surface area (Å²) in [6.45, 7) is 0.633. The molecule has 2 rings (SSSR count). The van der Waals surface area contributed by atoms with Crippen LogP contribution in [-0.2, 0) is 0 Å². The van der Waals surface area contributed by atoms with Gasteiger partial charge in [-0.15, -0.1) is 0 Å². The van der Waals surface area contributed by atoms with Gasteiger partial charge in [0.25, 0.3) is 0 Å². The second kappa shape index (κ2) is 6.69. The summed E-state index contributed by atoms with van der Waals surface area (Å²) in [5, 5.41) is 7.02. The highest BCUT2D eigenvalue weighted by molar-refractivity contribution is 6.30. The maximum Gasteiger partial charge on any atom is 0.347 e. The molecular formula is C13H18ClN5O. The summed E-state index contributed by atoms with van der Waals surface area (Å²) < 4.78 is 1.46. The van der Waals surface area contributed by atoms with Gasteiger partial charge in [-0.3, -0.25) is 0 Å². The number of aromatic nitrogens is 3. The van der Waals surface area contributed by atoms with Gasteiger partial charge in [0.1, 0.15) is 0 Å². The number of halogens is 1. The van der Waals surface area contributed by atoms with E-state index in [1.54, 1.807) is 24.3 Å². The van der Waals surface area contributed by atoms with Gasteiger partial charge < -0.3 is 11.5 Å². The van der Waals surface area contributed by atoms with Gasteiger partial charge in [0.05, 0.1) is 11.7 Å². The summed E-state index contributed by atoms with van der Waals surface area (Å²) >= 11 is 5.96. The molecule has 0 saturated heterocycles. The number of hydrogen-bond acceptors (Lipinski definition) is 4. The Labute approximate surface area is 121 Å². The first-order valence-electron chi connectivity index (χ1n) is 6.52. The monoisotopic (exact) mass is 295 g/mol. The van der Waals surface area contributed by atoms with Gasteiger partial charge in [-0.2, -0.15) is 5.10 Å². The van der Waals surface area contributed by atoms with Crippen LogP contribution < -0.4 is 17.2 Å². The molecule has 108 valence electrons. The van der Waals surface area contributed by atoms with Crippen LogP contribution in [0.2, 0.25) is 5.02 Å². The van der Waals surface area contributed by atoms with E-state index >= 15 is 0 Å². The van der Waals surface area contributed by atoms with Crippen LogP contribution in [0.5, 0.6) is 0 Å². The first kappa shape index (κ1) is 14.8. The predicted octanol–water partition coefficient (Wildman–Crippen LogP) is 1.34. The summed E-state index contributed by atoms with van der Waals surface area (Å²) in [5.41, 5.74) is 11.9. The van der Waals surface area contributed by atoms with Crippen LogP contribution in [0.15, 0.2) is 29.1 Å². The smallest absolute Gasteiger partial charge is 0.330 e. The van der Waals surface area contributed by atoms with Gasteiger partial charge in [0, 0.05) is 5.02 Å². The molecule has 5 N–H and O–H groups in total. The normalized spacial score (nSPS) is 12.6. The lowest BCUT2D eigenvalue weighted by molar-refractivity contribution is 0.557. The first-order chi connectivity index (χ1) is 9.63. The Balaban J connectivity index is 2.30. The third kappa shape index (κ3) is 3.27. The van der Waals surface area contributed by atoms with E-state index in [0.29, 0.717) is 23.1 Å². The van der Waals surface area contributed by atoms with E-state index in [1.807, 2.05) is 0 Å². The lowest BCUT2D eigenvalue weighted by Crippen LogP contribution is -2.22. The summed E-state index contributed by atoms with van der Waals surface area (Å²) in [6, 6.07) is 6.70. The quantitative estimate of drug-likeness (QED) is 0.700. The number of unbranched alkanes of at least 4 members (excludes halogenated alkanes) is 1. The fourth-order valence-corrected chi connectivity index (χ4v) is 2.24. The minimum absolute atomic E-state index is 0.320. The lowest BCUT2D eigenvalue weighted by atomic mass is 10.1. The average Bonchev–Trinajstić information content (AvgIpc) is 2.81. The van der Waals surface area contributed by atoms with Crippen LogP contribution in [0.3, 0.4) is 0 Å². The molecule has 0 saturated carbocycles. The van der Waals surface area contributed by atoms with Gasteiger partial charge in [0.2, 0.25) is 0 Å². The first-order valence-corrected chi connectivity index (χ1v) is 6.90. The molecular weight excluding hydrogens is 278 g/mol. The number of nitrogens with one attached hydrogen (secondary N) is 1. The highest BCUT2D eigenvalue weighted by atomic mass is 35.5. The Kier molecular flexibility index (Phi) is 4.94. The Bertz CT molecular complexity index is 621. The van der Waals surface area contributed by atoms with Crippen molar-refractivity contribution in [3.8, 4) is 5.69 Å². The molecule has 0 fully saturated rings. The zero-order valence-corrected chi connectivity index (χ0v) is 11.8. The van der Waals surface area contributed by atoms with Crippen molar-refractivity contribution in [1.29, 1.82) is 0 Å². The van der Waals surface area contributed by atoms with Gasteiger partial charge in [-0.25, -0.2) is 14.5 Å². The van der Waals surface area contributed by atoms with E-state index in [4.69, 9.17) is 23.1 Å². The Morgan fingerprint density at radius 2 is 2.20 bits per heavy atom. The number of benzene rings is 1. The third-order valence-electron chi connectivity index (χ3n) is 3.07. The largest absolute Gasteiger partial charge is 0.347 e. The SMILES string of the molecule is NCCCCC(N)c1n[nH]c(=O)n1-c1cccc(Cl)c1. The van der Waals surface area contributed by atoms with Crippen LogP contribution in [0.1, 0.15) is 31.1 Å². The van der Waals surface area contributed by atoms with Crippen molar-refractivity contribution in [3.63, 3.8) is 0 Å². The van der Waals surface area contributed by atoms with E-state index < -0.39 is 0 Å². The van der Waals surface area contributed by atoms with E-state index in [-0.39, 0.29) is 11.7 Å². The molecule has 0 spiro atoms.